The molecule has 98 valence electrons. The van der Waals surface area contributed by atoms with Crippen LogP contribution >= 0.6 is 11.8 Å². The summed E-state index contributed by atoms with van der Waals surface area (Å²) >= 11 is 1.98. The Balaban J connectivity index is 1.72. The van der Waals surface area contributed by atoms with Gasteiger partial charge in [0, 0.05) is 43.0 Å². The van der Waals surface area contributed by atoms with Crippen molar-refractivity contribution in [3.05, 3.63) is 30.1 Å². The lowest BCUT2D eigenvalue weighted by Gasteiger charge is -2.29. The Bertz CT molecular complexity index is 385. The van der Waals surface area contributed by atoms with E-state index in [2.05, 4.69) is 22.1 Å². The maximum Gasteiger partial charge on any atom is 0.234 e. The Morgan fingerprint density at radius 1 is 1.67 bits per heavy atom. The Labute approximate surface area is 112 Å². The van der Waals surface area contributed by atoms with E-state index in [1.165, 1.54) is 0 Å². The van der Waals surface area contributed by atoms with E-state index in [4.69, 9.17) is 0 Å². The van der Waals surface area contributed by atoms with Gasteiger partial charge in [0.05, 0.1) is 6.54 Å². The first-order chi connectivity index (χ1) is 8.74. The quantitative estimate of drug-likeness (QED) is 0.886. The van der Waals surface area contributed by atoms with Crippen molar-refractivity contribution in [3.8, 4) is 0 Å². The van der Waals surface area contributed by atoms with Gasteiger partial charge in [-0.25, -0.2) is 0 Å². The fourth-order valence-electron chi connectivity index (χ4n) is 2.00. The van der Waals surface area contributed by atoms with Crippen LogP contribution < -0.4 is 5.32 Å². The van der Waals surface area contributed by atoms with Crippen LogP contribution in [0.1, 0.15) is 12.5 Å². The largest absolute Gasteiger partial charge is 0.351 e. The average Bonchev–Trinajstić information content (AvgIpc) is 2.38. The van der Waals surface area contributed by atoms with E-state index in [1.807, 2.05) is 23.9 Å². The molecule has 1 atom stereocenters. The molecular formula is C13H19N3OS. The van der Waals surface area contributed by atoms with Gasteiger partial charge in [0.1, 0.15) is 0 Å². The van der Waals surface area contributed by atoms with Crippen LogP contribution in [0, 0.1) is 0 Å². The minimum absolute atomic E-state index is 0.0953. The van der Waals surface area contributed by atoms with Crippen LogP contribution in [-0.4, -0.2) is 46.4 Å². The van der Waals surface area contributed by atoms with E-state index in [-0.39, 0.29) is 5.91 Å². The van der Waals surface area contributed by atoms with Gasteiger partial charge in [-0.05, 0) is 11.6 Å². The molecule has 18 heavy (non-hydrogen) atoms. The molecule has 1 aromatic heterocycles. The monoisotopic (exact) mass is 265 g/mol. The van der Waals surface area contributed by atoms with Crippen LogP contribution in [0.3, 0.4) is 0 Å². The molecule has 0 bridgehead atoms. The number of hydrogen-bond acceptors (Lipinski definition) is 4. The Hall–Kier alpha value is -1.07. The van der Waals surface area contributed by atoms with Crippen molar-refractivity contribution in [1.82, 2.24) is 15.2 Å². The number of hydrogen-bond donors (Lipinski definition) is 1. The van der Waals surface area contributed by atoms with Gasteiger partial charge in [-0.15, -0.1) is 0 Å². The highest BCUT2D eigenvalue weighted by Crippen LogP contribution is 2.17. The average molecular weight is 265 g/mol. The van der Waals surface area contributed by atoms with Crippen molar-refractivity contribution in [2.24, 2.45) is 0 Å². The fraction of sp³-hybridized carbons (Fsp3) is 0.538. The van der Waals surface area contributed by atoms with Crippen LogP contribution in [0.2, 0.25) is 0 Å². The lowest BCUT2D eigenvalue weighted by molar-refractivity contribution is -0.122. The lowest BCUT2D eigenvalue weighted by atomic mass is 10.3. The van der Waals surface area contributed by atoms with E-state index in [1.54, 1.807) is 12.4 Å². The number of nitrogens with zero attached hydrogens (tertiary/aromatic N) is 2. The molecule has 0 radical (unpaired) electrons. The van der Waals surface area contributed by atoms with Crippen molar-refractivity contribution in [3.63, 3.8) is 0 Å². The second-order valence-electron chi connectivity index (χ2n) is 4.55. The normalized spacial score (nSPS) is 20.6. The molecule has 1 saturated heterocycles. The maximum absolute atomic E-state index is 11.8. The molecule has 5 heteroatoms. The van der Waals surface area contributed by atoms with Gasteiger partial charge in [0.2, 0.25) is 5.91 Å². The smallest absolute Gasteiger partial charge is 0.234 e. The third-order valence-corrected chi connectivity index (χ3v) is 4.04. The highest BCUT2D eigenvalue weighted by Gasteiger charge is 2.18. The van der Waals surface area contributed by atoms with Crippen LogP contribution in [0.15, 0.2) is 24.5 Å². The van der Waals surface area contributed by atoms with Crippen LogP contribution in [-0.2, 0) is 11.3 Å². The van der Waals surface area contributed by atoms with Gasteiger partial charge in [-0.2, -0.15) is 11.8 Å². The maximum atomic E-state index is 11.8. The van der Waals surface area contributed by atoms with Crippen molar-refractivity contribution in [1.29, 1.82) is 0 Å². The number of rotatable bonds is 4. The standard InChI is InChI=1S/C13H19N3OS/c1-11-9-16(5-6-18-11)10-13(17)15-8-12-3-2-4-14-7-12/h2-4,7,11H,5-6,8-10H2,1H3,(H,15,17)/t11-/m0/s1. The summed E-state index contributed by atoms with van der Waals surface area (Å²) in [5.41, 5.74) is 1.04. The van der Waals surface area contributed by atoms with Gasteiger partial charge in [-0.3, -0.25) is 14.7 Å². The second kappa shape index (κ2) is 6.75. The second-order valence-corrected chi connectivity index (χ2v) is 6.10. The molecule has 2 rings (SSSR count). The molecule has 1 aromatic rings. The summed E-state index contributed by atoms with van der Waals surface area (Å²) in [6, 6.07) is 3.85. The van der Waals surface area contributed by atoms with E-state index in [9.17, 15) is 4.79 Å². The molecule has 1 amide bonds. The summed E-state index contributed by atoms with van der Waals surface area (Å²) in [5.74, 6) is 1.22. The van der Waals surface area contributed by atoms with Crippen LogP contribution in [0.25, 0.3) is 0 Å². The van der Waals surface area contributed by atoms with Crippen molar-refractivity contribution in [2.45, 2.75) is 18.7 Å². The highest BCUT2D eigenvalue weighted by atomic mass is 32.2. The Morgan fingerprint density at radius 3 is 3.28 bits per heavy atom. The fourth-order valence-corrected chi connectivity index (χ4v) is 3.08. The Morgan fingerprint density at radius 2 is 2.56 bits per heavy atom. The first-order valence-electron chi connectivity index (χ1n) is 6.23. The van der Waals surface area contributed by atoms with Crippen molar-refractivity contribution in [2.75, 3.05) is 25.4 Å². The highest BCUT2D eigenvalue weighted by molar-refractivity contribution is 7.99. The van der Waals surface area contributed by atoms with Gasteiger partial charge in [0.15, 0.2) is 0 Å². The number of carbonyl (C=O) groups excluding carboxylic acids is 1. The molecule has 1 aliphatic heterocycles. The first-order valence-corrected chi connectivity index (χ1v) is 7.28. The summed E-state index contributed by atoms with van der Waals surface area (Å²) in [7, 11) is 0. The van der Waals surface area contributed by atoms with Crippen molar-refractivity contribution >= 4 is 17.7 Å². The van der Waals surface area contributed by atoms with E-state index in [0.717, 1.165) is 24.4 Å². The molecular weight excluding hydrogens is 246 g/mol. The molecule has 0 aliphatic carbocycles. The summed E-state index contributed by atoms with van der Waals surface area (Å²) in [6.45, 7) is 5.29. The minimum atomic E-state index is 0.0953. The predicted molar refractivity (Wildman–Crippen MR) is 74.4 cm³/mol. The van der Waals surface area contributed by atoms with E-state index in [0.29, 0.717) is 18.3 Å². The molecule has 4 nitrogen and oxygen atoms in total. The third kappa shape index (κ3) is 4.31. The lowest BCUT2D eigenvalue weighted by Crippen LogP contribution is -2.43. The molecule has 2 heterocycles. The van der Waals surface area contributed by atoms with Gasteiger partial charge in [-0.1, -0.05) is 13.0 Å². The van der Waals surface area contributed by atoms with E-state index < -0.39 is 0 Å². The number of aromatic nitrogens is 1. The van der Waals surface area contributed by atoms with Crippen LogP contribution in [0.5, 0.6) is 0 Å². The number of nitrogens with one attached hydrogen (secondary N) is 1. The van der Waals surface area contributed by atoms with E-state index >= 15 is 0 Å². The molecule has 0 aromatic carbocycles. The molecule has 1 N–H and O–H groups in total. The molecule has 0 unspecified atom stereocenters. The molecule has 0 saturated carbocycles. The number of amides is 1. The van der Waals surface area contributed by atoms with Gasteiger partial charge >= 0.3 is 0 Å². The molecule has 1 fully saturated rings. The zero-order valence-electron chi connectivity index (χ0n) is 10.6. The summed E-state index contributed by atoms with van der Waals surface area (Å²) < 4.78 is 0. The summed E-state index contributed by atoms with van der Waals surface area (Å²) in [5, 5.41) is 3.56. The number of thioether (sulfide) groups is 1. The third-order valence-electron chi connectivity index (χ3n) is 2.90. The minimum Gasteiger partial charge on any atom is -0.351 e. The topological polar surface area (TPSA) is 45.2 Å². The number of carbonyl (C=O) groups is 1. The van der Waals surface area contributed by atoms with Gasteiger partial charge in [0.25, 0.3) is 0 Å². The zero-order chi connectivity index (χ0) is 12.8. The summed E-state index contributed by atoms with van der Waals surface area (Å²) in [6.07, 6.45) is 3.51. The molecule has 0 spiro atoms. The number of pyridine rings is 1. The van der Waals surface area contributed by atoms with Gasteiger partial charge < -0.3 is 5.32 Å². The predicted octanol–water partition coefficient (Wildman–Crippen LogP) is 1.14. The SMILES string of the molecule is C[C@H]1CN(CC(=O)NCc2cccnc2)CCS1. The summed E-state index contributed by atoms with van der Waals surface area (Å²) in [4.78, 5) is 18.1. The molecule has 1 aliphatic rings. The van der Waals surface area contributed by atoms with Crippen molar-refractivity contribution < 1.29 is 4.79 Å². The Kier molecular flexibility index (Phi) is 5.01. The zero-order valence-corrected chi connectivity index (χ0v) is 11.4. The first kappa shape index (κ1) is 13.4. The van der Waals surface area contributed by atoms with Crippen LogP contribution in [0.4, 0.5) is 0 Å².